The molecule has 0 spiro atoms. The van der Waals surface area contributed by atoms with E-state index in [-0.39, 0.29) is 12.0 Å². The summed E-state index contributed by atoms with van der Waals surface area (Å²) in [6.45, 7) is 8.90. The number of methoxy groups -OCH3 is 1. The average Bonchev–Trinajstić information content (AvgIpc) is 3.15. The lowest BCUT2D eigenvalue weighted by molar-refractivity contribution is -0.122. The minimum absolute atomic E-state index is 0.0257. The molecule has 2 aromatic rings. The van der Waals surface area contributed by atoms with Gasteiger partial charge in [0.15, 0.2) is 16.7 Å². The summed E-state index contributed by atoms with van der Waals surface area (Å²) in [5.41, 5.74) is 1.63. The summed E-state index contributed by atoms with van der Waals surface area (Å²) in [5.74, 6) is 1.24. The lowest BCUT2D eigenvalue weighted by Crippen LogP contribution is -2.38. The van der Waals surface area contributed by atoms with Gasteiger partial charge in [0, 0.05) is 31.7 Å². The highest BCUT2D eigenvalue weighted by atomic mass is 32.2. The predicted octanol–water partition coefficient (Wildman–Crippen LogP) is 4.81. The zero-order chi connectivity index (χ0) is 24.6. The van der Waals surface area contributed by atoms with Crippen molar-refractivity contribution in [3.63, 3.8) is 0 Å². The minimum atomic E-state index is -0.0371. The molecule has 2 saturated heterocycles. The number of ether oxygens (including phenoxy) is 3. The number of para-hydroxylation sites is 2. The number of nitrogens with zero attached hydrogens (tertiary/aromatic N) is 3. The van der Waals surface area contributed by atoms with Crippen molar-refractivity contribution in [1.82, 2.24) is 9.80 Å². The summed E-state index contributed by atoms with van der Waals surface area (Å²) >= 11 is 1.40. The fraction of sp³-hybridized carbons (Fsp3) is 0.407. The van der Waals surface area contributed by atoms with Gasteiger partial charge in [-0.1, -0.05) is 30.3 Å². The van der Waals surface area contributed by atoms with Crippen LogP contribution in [0.5, 0.6) is 11.5 Å². The molecule has 0 aliphatic carbocycles. The van der Waals surface area contributed by atoms with Gasteiger partial charge in [0.1, 0.15) is 0 Å². The van der Waals surface area contributed by atoms with E-state index in [1.807, 2.05) is 68.5 Å². The number of amidine groups is 1. The second kappa shape index (κ2) is 12.2. The molecule has 0 aromatic heterocycles. The number of amides is 1. The van der Waals surface area contributed by atoms with Crippen LogP contribution in [0.3, 0.4) is 0 Å². The molecule has 2 aliphatic heterocycles. The number of aliphatic imine (C=N–C) groups is 1. The molecule has 7 nitrogen and oxygen atoms in total. The summed E-state index contributed by atoms with van der Waals surface area (Å²) in [6, 6.07) is 15.5. The largest absolute Gasteiger partial charge is 0.493 e. The van der Waals surface area contributed by atoms with Crippen LogP contribution >= 0.6 is 11.8 Å². The second-order valence-corrected chi connectivity index (χ2v) is 9.66. The highest BCUT2D eigenvalue weighted by molar-refractivity contribution is 8.18. The van der Waals surface area contributed by atoms with Gasteiger partial charge >= 0.3 is 0 Å². The van der Waals surface area contributed by atoms with E-state index in [0.717, 1.165) is 50.5 Å². The highest BCUT2D eigenvalue weighted by Gasteiger charge is 2.33. The smallest absolute Gasteiger partial charge is 0.266 e. The number of benzene rings is 2. The van der Waals surface area contributed by atoms with Crippen molar-refractivity contribution >= 4 is 34.6 Å². The molecular weight excluding hydrogens is 462 g/mol. The van der Waals surface area contributed by atoms with Crippen LogP contribution in [0.25, 0.3) is 6.08 Å². The maximum atomic E-state index is 13.5. The van der Waals surface area contributed by atoms with Crippen LogP contribution in [0.4, 0.5) is 5.69 Å². The zero-order valence-corrected chi connectivity index (χ0v) is 21.4. The Labute approximate surface area is 211 Å². The van der Waals surface area contributed by atoms with Gasteiger partial charge in [-0.25, -0.2) is 4.99 Å². The van der Waals surface area contributed by atoms with Crippen molar-refractivity contribution in [2.45, 2.75) is 26.4 Å². The Balaban J connectivity index is 1.59. The Bertz CT molecular complexity index is 1070. The van der Waals surface area contributed by atoms with Gasteiger partial charge in [0.25, 0.3) is 5.91 Å². The van der Waals surface area contributed by atoms with Crippen LogP contribution in [-0.4, -0.2) is 73.5 Å². The lowest BCUT2D eigenvalue weighted by atomic mass is 10.1. The van der Waals surface area contributed by atoms with Crippen LogP contribution in [0.1, 0.15) is 25.8 Å². The van der Waals surface area contributed by atoms with Crippen molar-refractivity contribution in [3.05, 3.63) is 59.0 Å². The van der Waals surface area contributed by atoms with Crippen LogP contribution in [0.2, 0.25) is 0 Å². The fourth-order valence-electron chi connectivity index (χ4n) is 3.99. The third-order valence-corrected chi connectivity index (χ3v) is 6.70. The molecule has 0 unspecified atom stereocenters. The topological polar surface area (TPSA) is 63.6 Å². The Morgan fingerprint density at radius 2 is 1.86 bits per heavy atom. The molecule has 0 radical (unpaired) electrons. The molecule has 0 N–H and O–H groups in total. The van der Waals surface area contributed by atoms with E-state index in [1.165, 1.54) is 11.8 Å². The Kier molecular flexibility index (Phi) is 8.84. The first-order valence-corrected chi connectivity index (χ1v) is 12.9. The van der Waals surface area contributed by atoms with E-state index in [0.29, 0.717) is 28.1 Å². The number of morpholine rings is 1. The quantitative estimate of drug-likeness (QED) is 0.466. The van der Waals surface area contributed by atoms with E-state index < -0.39 is 0 Å². The average molecular weight is 496 g/mol. The summed E-state index contributed by atoms with van der Waals surface area (Å²) < 4.78 is 17.0. The normalized spacial score (nSPS) is 19.2. The van der Waals surface area contributed by atoms with Crippen LogP contribution < -0.4 is 9.47 Å². The van der Waals surface area contributed by atoms with Crippen LogP contribution in [0.15, 0.2) is 58.4 Å². The molecule has 0 atom stereocenters. The van der Waals surface area contributed by atoms with Gasteiger partial charge < -0.3 is 14.2 Å². The van der Waals surface area contributed by atoms with E-state index in [4.69, 9.17) is 19.2 Å². The molecule has 0 saturated carbocycles. The SMILES string of the molecule is COc1cccc(/C=C2\SC(=Nc3ccccc3)N(CCCN3CCOCC3)C2=O)c1OC(C)C. The number of carbonyl (C=O) groups excluding carboxylic acids is 1. The summed E-state index contributed by atoms with van der Waals surface area (Å²) in [6.07, 6.45) is 2.73. The van der Waals surface area contributed by atoms with Gasteiger partial charge in [-0.2, -0.15) is 0 Å². The summed E-state index contributed by atoms with van der Waals surface area (Å²) in [4.78, 5) is 23.1. The van der Waals surface area contributed by atoms with E-state index in [1.54, 1.807) is 12.0 Å². The Morgan fingerprint density at radius 3 is 2.57 bits per heavy atom. The first-order valence-electron chi connectivity index (χ1n) is 12.0. The van der Waals surface area contributed by atoms with Gasteiger partial charge in [-0.05, 0) is 56.3 Å². The van der Waals surface area contributed by atoms with Gasteiger partial charge in [-0.3, -0.25) is 14.6 Å². The molecular formula is C27H33N3O4S. The van der Waals surface area contributed by atoms with Crippen molar-refractivity contribution in [2.24, 2.45) is 4.99 Å². The van der Waals surface area contributed by atoms with Crippen molar-refractivity contribution in [3.8, 4) is 11.5 Å². The van der Waals surface area contributed by atoms with Crippen molar-refractivity contribution in [1.29, 1.82) is 0 Å². The van der Waals surface area contributed by atoms with Crippen LogP contribution in [0, 0.1) is 0 Å². The van der Waals surface area contributed by atoms with Crippen LogP contribution in [-0.2, 0) is 9.53 Å². The molecule has 2 aliphatic rings. The molecule has 186 valence electrons. The van der Waals surface area contributed by atoms with Crippen molar-refractivity contribution < 1.29 is 19.0 Å². The third kappa shape index (κ3) is 6.66. The predicted molar refractivity (Wildman–Crippen MR) is 141 cm³/mol. The van der Waals surface area contributed by atoms with Gasteiger partial charge in [0.2, 0.25) is 0 Å². The molecule has 0 bridgehead atoms. The third-order valence-electron chi connectivity index (χ3n) is 5.70. The number of rotatable bonds is 9. The van der Waals surface area contributed by atoms with Crippen molar-refractivity contribution in [2.75, 3.05) is 46.5 Å². The summed E-state index contributed by atoms with van der Waals surface area (Å²) in [7, 11) is 1.62. The van der Waals surface area contributed by atoms with E-state index >= 15 is 0 Å². The molecule has 4 rings (SSSR count). The molecule has 2 heterocycles. The second-order valence-electron chi connectivity index (χ2n) is 8.65. The van der Waals surface area contributed by atoms with E-state index in [2.05, 4.69) is 4.90 Å². The summed E-state index contributed by atoms with van der Waals surface area (Å²) in [5, 5.41) is 0.698. The standard InChI is InChI=1S/C27H33N3O4S/c1-20(2)34-25-21(9-7-12-23(25)32-3)19-24-26(31)30(14-8-13-29-15-17-33-18-16-29)27(35-24)28-22-10-5-4-6-11-22/h4-7,9-12,19-20H,8,13-18H2,1-3H3/b24-19-,28-27?. The highest BCUT2D eigenvalue weighted by Crippen LogP contribution is 2.38. The molecule has 2 fully saturated rings. The monoisotopic (exact) mass is 495 g/mol. The first-order chi connectivity index (χ1) is 17.0. The molecule has 8 heteroatoms. The molecule has 35 heavy (non-hydrogen) atoms. The molecule has 2 aromatic carbocycles. The number of thioether (sulfide) groups is 1. The number of carbonyl (C=O) groups is 1. The number of hydrogen-bond acceptors (Lipinski definition) is 7. The maximum absolute atomic E-state index is 13.5. The van der Waals surface area contributed by atoms with E-state index in [9.17, 15) is 4.79 Å². The first kappa shape index (κ1) is 25.3. The Morgan fingerprint density at radius 1 is 1.09 bits per heavy atom. The fourth-order valence-corrected chi connectivity index (χ4v) is 5.00. The minimum Gasteiger partial charge on any atom is -0.493 e. The zero-order valence-electron chi connectivity index (χ0n) is 20.6. The molecule has 1 amide bonds. The Hall–Kier alpha value is -2.81. The van der Waals surface area contributed by atoms with Gasteiger partial charge in [-0.15, -0.1) is 0 Å². The number of hydrogen-bond donors (Lipinski definition) is 0. The maximum Gasteiger partial charge on any atom is 0.266 e. The lowest BCUT2D eigenvalue weighted by Gasteiger charge is -2.27. The van der Waals surface area contributed by atoms with Gasteiger partial charge in [0.05, 0.1) is 37.0 Å².